The van der Waals surface area contributed by atoms with Gasteiger partial charge in [-0.1, -0.05) is 78.8 Å². The molecular formula is C26H34O4. The molecule has 0 fully saturated rings. The fourth-order valence-corrected chi connectivity index (χ4v) is 3.35. The molecule has 0 aromatic heterocycles. The Morgan fingerprint density at radius 3 is 1.83 bits per heavy atom. The van der Waals surface area contributed by atoms with Crippen molar-refractivity contribution in [3.8, 4) is 11.5 Å². The summed E-state index contributed by atoms with van der Waals surface area (Å²) in [5.74, 6) is -0.641. The molecule has 0 aliphatic rings. The van der Waals surface area contributed by atoms with Gasteiger partial charge in [0.1, 0.15) is 11.5 Å². The first-order valence-electron chi connectivity index (χ1n) is 10.4. The van der Waals surface area contributed by atoms with Gasteiger partial charge in [0, 0.05) is 17.0 Å². The first-order chi connectivity index (χ1) is 13.8. The van der Waals surface area contributed by atoms with Gasteiger partial charge in [0.25, 0.3) is 0 Å². The molecule has 0 aliphatic heterocycles. The molecule has 0 bridgehead atoms. The minimum absolute atomic E-state index is 0.303. The lowest BCUT2D eigenvalue weighted by molar-refractivity contribution is -0.149. The third-order valence-electron chi connectivity index (χ3n) is 5.14. The van der Waals surface area contributed by atoms with Crippen LogP contribution < -0.4 is 9.47 Å². The largest absolute Gasteiger partial charge is 0.497 e. The highest BCUT2D eigenvalue weighted by molar-refractivity contribution is 6.35. The quantitative estimate of drug-likeness (QED) is 0.351. The Bertz CT molecular complexity index is 864. The van der Waals surface area contributed by atoms with Gasteiger partial charge in [-0.25, -0.2) is 4.79 Å². The summed E-state index contributed by atoms with van der Waals surface area (Å²) in [7, 11) is 1.62. The lowest BCUT2D eigenvalue weighted by atomic mass is 9.79. The van der Waals surface area contributed by atoms with Crippen LogP contribution in [0.1, 0.15) is 65.2 Å². The zero-order valence-corrected chi connectivity index (χ0v) is 19.5. The van der Waals surface area contributed by atoms with E-state index in [0.29, 0.717) is 17.9 Å². The van der Waals surface area contributed by atoms with Crippen LogP contribution in [-0.4, -0.2) is 18.9 Å². The maximum absolute atomic E-state index is 12.9. The summed E-state index contributed by atoms with van der Waals surface area (Å²) in [6, 6.07) is 13.4. The van der Waals surface area contributed by atoms with Crippen LogP contribution in [0.25, 0.3) is 0 Å². The highest BCUT2D eigenvalue weighted by atomic mass is 16.5. The Morgan fingerprint density at radius 2 is 1.40 bits per heavy atom. The van der Waals surface area contributed by atoms with E-state index < -0.39 is 17.7 Å². The number of methoxy groups -OCH3 is 1. The summed E-state index contributed by atoms with van der Waals surface area (Å²) in [6.45, 7) is 14.0. The molecule has 4 nitrogen and oxygen atoms in total. The van der Waals surface area contributed by atoms with E-state index in [0.717, 1.165) is 16.7 Å². The molecule has 2 rings (SSSR count). The van der Waals surface area contributed by atoms with Crippen LogP contribution in [0, 0.1) is 5.92 Å². The molecule has 0 amide bonds. The Balaban J connectivity index is 2.40. The summed E-state index contributed by atoms with van der Waals surface area (Å²) in [5, 5.41) is 0. The normalized spacial score (nSPS) is 12.9. The minimum Gasteiger partial charge on any atom is -0.497 e. The van der Waals surface area contributed by atoms with E-state index in [1.54, 1.807) is 14.0 Å². The third-order valence-corrected chi connectivity index (χ3v) is 5.14. The molecule has 0 radical (unpaired) electrons. The summed E-state index contributed by atoms with van der Waals surface area (Å²) in [6.07, 6.45) is 0.496. The predicted molar refractivity (Wildman–Crippen MR) is 120 cm³/mol. The summed E-state index contributed by atoms with van der Waals surface area (Å²) >= 11 is 0. The topological polar surface area (TPSA) is 52.6 Å². The van der Waals surface area contributed by atoms with Crippen LogP contribution in [0.2, 0.25) is 0 Å². The fraction of sp³-hybridized carbons (Fsp3) is 0.462. The zero-order valence-electron chi connectivity index (χ0n) is 19.5. The van der Waals surface area contributed by atoms with Crippen molar-refractivity contribution >= 4 is 11.8 Å². The molecule has 4 heteroatoms. The van der Waals surface area contributed by atoms with Gasteiger partial charge in [0.15, 0.2) is 0 Å². The van der Waals surface area contributed by atoms with E-state index >= 15 is 0 Å². The van der Waals surface area contributed by atoms with E-state index in [4.69, 9.17) is 9.47 Å². The van der Waals surface area contributed by atoms with E-state index in [9.17, 15) is 9.59 Å². The lowest BCUT2D eigenvalue weighted by Crippen LogP contribution is -2.30. The molecule has 0 aliphatic carbocycles. The molecule has 162 valence electrons. The number of hydrogen-bond acceptors (Lipinski definition) is 4. The van der Waals surface area contributed by atoms with Gasteiger partial charge in [0.2, 0.25) is 5.78 Å². The number of benzene rings is 2. The standard InChI is InChI=1S/C26H34O4/c1-17(14-18-12-10-9-11-13-18)22(27)24(28)30-23-20(25(2,3)4)15-19(29-8)16-21(23)26(5,6)7/h9-13,15-17H,14H2,1-8H3/t17-/m0/s1. The van der Waals surface area contributed by atoms with Gasteiger partial charge in [-0.05, 0) is 34.9 Å². The van der Waals surface area contributed by atoms with Crippen LogP contribution in [0.3, 0.4) is 0 Å². The van der Waals surface area contributed by atoms with Crippen LogP contribution in [0.15, 0.2) is 42.5 Å². The Labute approximate surface area is 180 Å². The van der Waals surface area contributed by atoms with Crippen molar-refractivity contribution < 1.29 is 19.1 Å². The van der Waals surface area contributed by atoms with Gasteiger partial charge in [-0.3, -0.25) is 4.79 Å². The van der Waals surface area contributed by atoms with Crippen molar-refractivity contribution in [3.05, 3.63) is 59.2 Å². The van der Waals surface area contributed by atoms with E-state index in [1.807, 2.05) is 84.0 Å². The van der Waals surface area contributed by atoms with E-state index in [1.165, 1.54) is 0 Å². The maximum Gasteiger partial charge on any atom is 0.380 e. The first kappa shape index (κ1) is 23.7. The molecule has 0 N–H and O–H groups in total. The molecular weight excluding hydrogens is 376 g/mol. The smallest absolute Gasteiger partial charge is 0.380 e. The average molecular weight is 411 g/mol. The van der Waals surface area contributed by atoms with Crippen LogP contribution in [0.5, 0.6) is 11.5 Å². The van der Waals surface area contributed by atoms with Crippen molar-refractivity contribution in [2.24, 2.45) is 5.92 Å². The molecule has 0 saturated carbocycles. The van der Waals surface area contributed by atoms with E-state index in [2.05, 4.69) is 0 Å². The van der Waals surface area contributed by atoms with Crippen molar-refractivity contribution in [3.63, 3.8) is 0 Å². The summed E-state index contributed by atoms with van der Waals surface area (Å²) in [5.41, 5.74) is 2.08. The zero-order chi connectivity index (χ0) is 22.7. The Hall–Kier alpha value is -2.62. The van der Waals surface area contributed by atoms with E-state index in [-0.39, 0.29) is 10.8 Å². The Kier molecular flexibility index (Phi) is 7.12. The molecule has 2 aromatic rings. The molecule has 0 saturated heterocycles. The minimum atomic E-state index is -0.820. The highest BCUT2D eigenvalue weighted by Gasteiger charge is 2.32. The Morgan fingerprint density at radius 1 is 0.900 bits per heavy atom. The molecule has 0 heterocycles. The van der Waals surface area contributed by atoms with Crippen LogP contribution >= 0.6 is 0 Å². The van der Waals surface area contributed by atoms with Crippen molar-refractivity contribution in [2.45, 2.75) is 65.7 Å². The number of carbonyl (C=O) groups is 2. The lowest BCUT2D eigenvalue weighted by Gasteiger charge is -2.29. The number of esters is 1. The van der Waals surface area contributed by atoms with Gasteiger partial charge in [0.05, 0.1) is 7.11 Å². The second-order valence-corrected chi connectivity index (χ2v) is 9.90. The monoisotopic (exact) mass is 410 g/mol. The van der Waals surface area contributed by atoms with Crippen molar-refractivity contribution in [2.75, 3.05) is 7.11 Å². The first-order valence-corrected chi connectivity index (χ1v) is 10.4. The van der Waals surface area contributed by atoms with Crippen LogP contribution in [0.4, 0.5) is 0 Å². The van der Waals surface area contributed by atoms with Gasteiger partial charge < -0.3 is 9.47 Å². The fourth-order valence-electron chi connectivity index (χ4n) is 3.35. The SMILES string of the molecule is COc1cc(C(C)(C)C)c(OC(=O)C(=O)[C@@H](C)Cc2ccccc2)c(C(C)(C)C)c1. The number of carbonyl (C=O) groups excluding carboxylic acids is 2. The van der Waals surface area contributed by atoms with Gasteiger partial charge >= 0.3 is 5.97 Å². The summed E-state index contributed by atoms with van der Waals surface area (Å²) < 4.78 is 11.3. The molecule has 1 atom stereocenters. The molecule has 30 heavy (non-hydrogen) atoms. The molecule has 0 spiro atoms. The second kappa shape index (κ2) is 9.03. The van der Waals surface area contributed by atoms with Crippen LogP contribution in [-0.2, 0) is 26.8 Å². The van der Waals surface area contributed by atoms with Crippen molar-refractivity contribution in [1.29, 1.82) is 0 Å². The predicted octanol–water partition coefficient (Wildman–Crippen LogP) is 5.64. The maximum atomic E-state index is 12.9. The number of rotatable bonds is 6. The molecule has 0 unspecified atom stereocenters. The third kappa shape index (κ3) is 5.71. The summed E-state index contributed by atoms with van der Waals surface area (Å²) in [4.78, 5) is 25.7. The number of ether oxygens (including phenoxy) is 2. The number of ketones is 1. The highest BCUT2D eigenvalue weighted by Crippen LogP contribution is 2.42. The number of hydrogen-bond donors (Lipinski definition) is 0. The molecule has 2 aromatic carbocycles. The number of Topliss-reactive ketones (excluding diaryl/α,β-unsaturated/α-hetero) is 1. The average Bonchev–Trinajstić information content (AvgIpc) is 2.66. The van der Waals surface area contributed by atoms with Crippen molar-refractivity contribution in [1.82, 2.24) is 0 Å². The second-order valence-electron chi connectivity index (χ2n) is 9.90. The van der Waals surface area contributed by atoms with Gasteiger partial charge in [-0.15, -0.1) is 0 Å². The van der Waals surface area contributed by atoms with Gasteiger partial charge in [-0.2, -0.15) is 0 Å².